The highest BCUT2D eigenvalue weighted by atomic mass is 32.2. The molecule has 0 bridgehead atoms. The molecule has 0 atom stereocenters. The normalized spacial score (nSPS) is 11.8. The van der Waals surface area contributed by atoms with Crippen molar-refractivity contribution in [2.75, 3.05) is 21.2 Å². The van der Waals surface area contributed by atoms with Crippen LogP contribution >= 0.6 is 0 Å². The molecule has 2 rings (SSSR count). The molecule has 0 spiro atoms. The van der Waals surface area contributed by atoms with Gasteiger partial charge in [0.1, 0.15) is 0 Å². The molecule has 0 radical (unpaired) electrons. The standard InChI is InChI=1S/C14H15NO4S/c1-15(2)20(17,18)13-7-6-10-8-12(14(16)19-3)5-4-11(10)9-13/h4-9H,1-3H3. The molecule has 0 aliphatic rings. The number of fused-ring (bicyclic) bond motifs is 1. The van der Waals surface area contributed by atoms with Crippen LogP contribution in [0.4, 0.5) is 0 Å². The van der Waals surface area contributed by atoms with E-state index in [1.54, 1.807) is 30.3 Å². The van der Waals surface area contributed by atoms with Crippen molar-refractivity contribution in [3.05, 3.63) is 42.0 Å². The van der Waals surface area contributed by atoms with Gasteiger partial charge in [-0.3, -0.25) is 0 Å². The van der Waals surface area contributed by atoms with E-state index in [0.29, 0.717) is 5.56 Å². The Bertz CT molecular complexity index is 766. The minimum Gasteiger partial charge on any atom is -0.465 e. The number of carbonyl (C=O) groups excluding carboxylic acids is 1. The third-order valence-corrected chi connectivity index (χ3v) is 4.82. The number of carbonyl (C=O) groups is 1. The van der Waals surface area contributed by atoms with Gasteiger partial charge in [0.2, 0.25) is 10.0 Å². The van der Waals surface area contributed by atoms with Gasteiger partial charge in [-0.1, -0.05) is 12.1 Å². The number of methoxy groups -OCH3 is 1. The fourth-order valence-corrected chi connectivity index (χ4v) is 2.78. The molecule has 106 valence electrons. The first-order valence-corrected chi connectivity index (χ1v) is 7.35. The summed E-state index contributed by atoms with van der Waals surface area (Å²) in [5.74, 6) is -0.420. The van der Waals surface area contributed by atoms with Crippen LogP contribution in [0.25, 0.3) is 10.8 Å². The molecular weight excluding hydrogens is 278 g/mol. The van der Waals surface area contributed by atoms with E-state index in [9.17, 15) is 13.2 Å². The molecular formula is C14H15NO4S. The van der Waals surface area contributed by atoms with Crippen LogP contribution < -0.4 is 0 Å². The first kappa shape index (κ1) is 14.5. The Morgan fingerprint density at radius 3 is 2.25 bits per heavy atom. The molecule has 0 saturated heterocycles. The van der Waals surface area contributed by atoms with Gasteiger partial charge in [0.25, 0.3) is 0 Å². The maximum absolute atomic E-state index is 12.0. The van der Waals surface area contributed by atoms with E-state index >= 15 is 0 Å². The Balaban J connectivity index is 2.55. The van der Waals surface area contributed by atoms with Crippen molar-refractivity contribution >= 4 is 26.8 Å². The number of nitrogens with zero attached hydrogens (tertiary/aromatic N) is 1. The van der Waals surface area contributed by atoms with Crippen LogP contribution in [0, 0.1) is 0 Å². The first-order chi connectivity index (χ1) is 9.36. The Morgan fingerprint density at radius 1 is 1.05 bits per heavy atom. The zero-order valence-corrected chi connectivity index (χ0v) is 12.3. The number of benzene rings is 2. The van der Waals surface area contributed by atoms with Gasteiger partial charge < -0.3 is 4.74 Å². The summed E-state index contributed by atoms with van der Waals surface area (Å²) in [6.07, 6.45) is 0. The minimum atomic E-state index is -3.46. The topological polar surface area (TPSA) is 63.7 Å². The summed E-state index contributed by atoms with van der Waals surface area (Å²) in [5.41, 5.74) is 0.434. The molecule has 0 aliphatic carbocycles. The predicted octanol–water partition coefficient (Wildman–Crippen LogP) is 1.88. The van der Waals surface area contributed by atoms with Gasteiger partial charge in [0, 0.05) is 14.1 Å². The van der Waals surface area contributed by atoms with Crippen molar-refractivity contribution in [2.24, 2.45) is 0 Å². The van der Waals surface area contributed by atoms with Crippen molar-refractivity contribution < 1.29 is 17.9 Å². The maximum atomic E-state index is 12.0. The van der Waals surface area contributed by atoms with Crippen LogP contribution in [0.5, 0.6) is 0 Å². The van der Waals surface area contributed by atoms with Crippen molar-refractivity contribution in [1.82, 2.24) is 4.31 Å². The lowest BCUT2D eigenvalue weighted by Gasteiger charge is -2.12. The predicted molar refractivity (Wildman–Crippen MR) is 76.2 cm³/mol. The van der Waals surface area contributed by atoms with E-state index in [4.69, 9.17) is 0 Å². The lowest BCUT2D eigenvalue weighted by molar-refractivity contribution is 0.0601. The van der Waals surface area contributed by atoms with Gasteiger partial charge in [-0.2, -0.15) is 0 Å². The molecule has 2 aromatic rings. The number of hydrogen-bond acceptors (Lipinski definition) is 4. The van der Waals surface area contributed by atoms with Crippen LogP contribution in [0.15, 0.2) is 41.3 Å². The molecule has 0 aliphatic heterocycles. The zero-order chi connectivity index (χ0) is 14.9. The lowest BCUT2D eigenvalue weighted by atomic mass is 10.1. The van der Waals surface area contributed by atoms with Gasteiger partial charge in [0.15, 0.2) is 0 Å². The lowest BCUT2D eigenvalue weighted by Crippen LogP contribution is -2.22. The summed E-state index contributed by atoms with van der Waals surface area (Å²) >= 11 is 0. The van der Waals surface area contributed by atoms with E-state index in [-0.39, 0.29) is 4.90 Å². The zero-order valence-electron chi connectivity index (χ0n) is 11.5. The van der Waals surface area contributed by atoms with Gasteiger partial charge in [-0.25, -0.2) is 17.5 Å². The Hall–Kier alpha value is -1.92. The van der Waals surface area contributed by atoms with E-state index in [1.807, 2.05) is 0 Å². The summed E-state index contributed by atoms with van der Waals surface area (Å²) in [7, 11) is 0.833. The van der Waals surface area contributed by atoms with E-state index in [1.165, 1.54) is 27.3 Å². The van der Waals surface area contributed by atoms with Gasteiger partial charge in [-0.05, 0) is 35.0 Å². The molecule has 0 fully saturated rings. The minimum absolute atomic E-state index is 0.223. The Labute approximate surface area is 117 Å². The molecule has 5 nitrogen and oxygen atoms in total. The average Bonchev–Trinajstić information content (AvgIpc) is 2.45. The van der Waals surface area contributed by atoms with Gasteiger partial charge in [-0.15, -0.1) is 0 Å². The molecule has 6 heteroatoms. The smallest absolute Gasteiger partial charge is 0.337 e. The second-order valence-electron chi connectivity index (χ2n) is 4.50. The summed E-state index contributed by atoms with van der Waals surface area (Å²) in [6.45, 7) is 0. The SMILES string of the molecule is COC(=O)c1ccc2cc(S(=O)(=O)N(C)C)ccc2c1. The van der Waals surface area contributed by atoms with Crippen LogP contribution in [0.2, 0.25) is 0 Å². The third kappa shape index (κ3) is 2.52. The second kappa shape index (κ2) is 5.22. The summed E-state index contributed by atoms with van der Waals surface area (Å²) < 4.78 is 29.9. The van der Waals surface area contributed by atoms with Crippen LogP contribution in [-0.4, -0.2) is 39.9 Å². The number of esters is 1. The third-order valence-electron chi connectivity index (χ3n) is 3.01. The van der Waals surface area contributed by atoms with Gasteiger partial charge in [0.05, 0.1) is 17.6 Å². The molecule has 20 heavy (non-hydrogen) atoms. The molecule has 0 heterocycles. The Morgan fingerprint density at radius 2 is 1.65 bits per heavy atom. The molecule has 0 unspecified atom stereocenters. The molecule has 0 N–H and O–H groups in total. The number of rotatable bonds is 3. The monoisotopic (exact) mass is 293 g/mol. The quantitative estimate of drug-likeness (QED) is 0.811. The molecule has 0 amide bonds. The van der Waals surface area contributed by atoms with Crippen LogP contribution in [0.3, 0.4) is 0 Å². The van der Waals surface area contributed by atoms with E-state index < -0.39 is 16.0 Å². The maximum Gasteiger partial charge on any atom is 0.337 e. The average molecular weight is 293 g/mol. The molecule has 2 aromatic carbocycles. The molecule has 0 saturated carbocycles. The highest BCUT2D eigenvalue weighted by molar-refractivity contribution is 7.89. The Kier molecular flexibility index (Phi) is 3.78. The van der Waals surface area contributed by atoms with Gasteiger partial charge >= 0.3 is 5.97 Å². The van der Waals surface area contributed by atoms with Crippen LogP contribution in [-0.2, 0) is 14.8 Å². The highest BCUT2D eigenvalue weighted by Gasteiger charge is 2.17. The summed E-state index contributed by atoms with van der Waals surface area (Å²) in [4.78, 5) is 11.7. The highest BCUT2D eigenvalue weighted by Crippen LogP contribution is 2.22. The summed E-state index contributed by atoms with van der Waals surface area (Å²) in [6, 6.07) is 9.78. The number of ether oxygens (including phenoxy) is 1. The van der Waals surface area contributed by atoms with Crippen molar-refractivity contribution in [2.45, 2.75) is 4.90 Å². The van der Waals surface area contributed by atoms with Crippen molar-refractivity contribution in [3.8, 4) is 0 Å². The first-order valence-electron chi connectivity index (χ1n) is 5.91. The second-order valence-corrected chi connectivity index (χ2v) is 6.65. The fraction of sp³-hybridized carbons (Fsp3) is 0.214. The largest absolute Gasteiger partial charge is 0.465 e. The van der Waals surface area contributed by atoms with Crippen molar-refractivity contribution in [1.29, 1.82) is 0 Å². The summed E-state index contributed by atoms with van der Waals surface area (Å²) in [5, 5.41) is 1.53. The van der Waals surface area contributed by atoms with E-state index in [0.717, 1.165) is 15.1 Å². The van der Waals surface area contributed by atoms with E-state index in [2.05, 4.69) is 4.74 Å². The fourth-order valence-electron chi connectivity index (χ4n) is 1.84. The molecule has 0 aromatic heterocycles. The van der Waals surface area contributed by atoms with Crippen LogP contribution in [0.1, 0.15) is 10.4 Å². The van der Waals surface area contributed by atoms with Crippen molar-refractivity contribution in [3.63, 3.8) is 0 Å². The number of hydrogen-bond donors (Lipinski definition) is 0. The number of sulfonamides is 1.